The summed E-state index contributed by atoms with van der Waals surface area (Å²) in [5.41, 5.74) is 0.152. The average molecular weight is 515 g/mol. The molecule has 0 aliphatic heterocycles. The molecule has 8 heteroatoms. The topological polar surface area (TPSA) is 128 Å². The number of oxime groups is 1. The first kappa shape index (κ1) is 27.7. The van der Waals surface area contributed by atoms with E-state index in [4.69, 9.17) is 16.4 Å². The molecular formula is C29H42N2O6. The fourth-order valence-electron chi connectivity index (χ4n) is 7.88. The van der Waals surface area contributed by atoms with Crippen LogP contribution in [0.2, 0.25) is 0 Å². The maximum Gasteiger partial charge on any atom is 0.333 e. The van der Waals surface area contributed by atoms with Crippen molar-refractivity contribution in [1.29, 1.82) is 0 Å². The van der Waals surface area contributed by atoms with Crippen molar-refractivity contribution < 1.29 is 29.7 Å². The Bertz CT molecular complexity index is 1040. The van der Waals surface area contributed by atoms with Gasteiger partial charge in [0.1, 0.15) is 5.60 Å². The normalized spacial score (nSPS) is 38.9. The Labute approximate surface area is 219 Å². The monoisotopic (exact) mass is 514 g/mol. The van der Waals surface area contributed by atoms with Crippen LogP contribution in [0.5, 0.6) is 0 Å². The molecule has 37 heavy (non-hydrogen) atoms. The summed E-state index contributed by atoms with van der Waals surface area (Å²) in [5, 5.41) is 36.8. The smallest absolute Gasteiger partial charge is 0.333 e. The first-order chi connectivity index (χ1) is 17.3. The number of aliphatic carboxylic acids is 1. The summed E-state index contributed by atoms with van der Waals surface area (Å²) in [5.74, 6) is 2.61. The van der Waals surface area contributed by atoms with Gasteiger partial charge in [0.15, 0.2) is 12.7 Å². The summed E-state index contributed by atoms with van der Waals surface area (Å²) in [4.78, 5) is 28.5. The number of terminal acetylenes is 1. The number of nitrogens with zero attached hydrogens (tertiary/aromatic N) is 1. The van der Waals surface area contributed by atoms with E-state index in [0.29, 0.717) is 24.2 Å². The van der Waals surface area contributed by atoms with Crippen LogP contribution in [0.25, 0.3) is 0 Å². The number of fused-ring (bicyclic) bond motifs is 5. The molecule has 0 heterocycles. The van der Waals surface area contributed by atoms with E-state index in [9.17, 15) is 19.8 Å². The van der Waals surface area contributed by atoms with Gasteiger partial charge in [0.2, 0.25) is 0 Å². The molecule has 0 radical (unpaired) electrons. The Balaban J connectivity index is 1.36. The molecule has 7 atom stereocenters. The minimum atomic E-state index is -1.58. The minimum Gasteiger partial charge on any atom is -0.479 e. The summed E-state index contributed by atoms with van der Waals surface area (Å²) in [6.07, 6.45) is 14.0. The molecule has 1 amide bonds. The zero-order valence-electron chi connectivity index (χ0n) is 22.5. The van der Waals surface area contributed by atoms with Gasteiger partial charge in [-0.3, -0.25) is 4.79 Å². The molecule has 0 bridgehead atoms. The Hall–Kier alpha value is -2.37. The number of aliphatic hydroxyl groups is 2. The lowest BCUT2D eigenvalue weighted by atomic mass is 9.46. The molecule has 0 aromatic rings. The van der Waals surface area contributed by atoms with Crippen molar-refractivity contribution in [3.63, 3.8) is 0 Å². The molecule has 8 nitrogen and oxygen atoms in total. The molecule has 4 aliphatic carbocycles. The second-order valence-electron chi connectivity index (χ2n) is 12.9. The van der Waals surface area contributed by atoms with Gasteiger partial charge < -0.3 is 25.5 Å². The number of carbonyl (C=O) groups is 2. The van der Waals surface area contributed by atoms with E-state index in [-0.39, 0.29) is 24.0 Å². The van der Waals surface area contributed by atoms with Crippen molar-refractivity contribution in [3.8, 4) is 12.3 Å². The van der Waals surface area contributed by atoms with E-state index in [1.165, 1.54) is 5.57 Å². The average Bonchev–Trinajstić information content (AvgIpc) is 3.13. The second kappa shape index (κ2) is 9.74. The highest BCUT2D eigenvalue weighted by molar-refractivity contribution is 5.96. The molecule has 4 aliphatic rings. The van der Waals surface area contributed by atoms with Gasteiger partial charge in [-0.2, -0.15) is 0 Å². The lowest BCUT2D eigenvalue weighted by molar-refractivity contribution is -0.153. The van der Waals surface area contributed by atoms with E-state index >= 15 is 0 Å². The van der Waals surface area contributed by atoms with Crippen LogP contribution >= 0.6 is 0 Å². The first-order valence-electron chi connectivity index (χ1n) is 13.5. The van der Waals surface area contributed by atoms with Crippen LogP contribution < -0.4 is 5.32 Å². The third-order valence-electron chi connectivity index (χ3n) is 10.5. The van der Waals surface area contributed by atoms with Crippen molar-refractivity contribution >= 4 is 17.6 Å². The summed E-state index contributed by atoms with van der Waals surface area (Å²) in [6, 6.07) is 0. The van der Waals surface area contributed by atoms with Crippen molar-refractivity contribution in [2.24, 2.45) is 39.2 Å². The highest BCUT2D eigenvalue weighted by atomic mass is 16.6. The Morgan fingerprint density at radius 2 is 1.92 bits per heavy atom. The van der Waals surface area contributed by atoms with Gasteiger partial charge >= 0.3 is 5.97 Å². The number of amides is 1. The molecular weight excluding hydrogens is 472 g/mol. The predicted molar refractivity (Wildman–Crippen MR) is 139 cm³/mol. The Morgan fingerprint density at radius 1 is 1.22 bits per heavy atom. The van der Waals surface area contributed by atoms with Gasteiger partial charge in [0, 0.05) is 17.4 Å². The molecule has 0 saturated heterocycles. The molecule has 0 unspecified atom stereocenters. The first-order valence-corrected chi connectivity index (χ1v) is 13.5. The zero-order valence-corrected chi connectivity index (χ0v) is 22.5. The SMILES string of the molecule is C#C[C@@]1(O)CC[C@H]2[C@@H]3CCC4=CC(=NOCC(=O)NCC(C)(C)[C@@H](O)C(=O)O)CC[C@]4(C)[C@H]3CC[C@@]21C. The summed E-state index contributed by atoms with van der Waals surface area (Å²) >= 11 is 0. The van der Waals surface area contributed by atoms with E-state index < -0.39 is 29.0 Å². The molecule has 0 spiro atoms. The molecule has 3 saturated carbocycles. The van der Waals surface area contributed by atoms with Gasteiger partial charge in [0.25, 0.3) is 5.91 Å². The standard InChI is InChI=1S/C29H42N2O6/c1-6-29(36)14-11-22-20-8-7-18-15-19(9-12-27(18,4)21(20)10-13-28(22,29)5)31-37-16-23(32)30-17-26(2,3)24(33)25(34)35/h1,15,20-22,24,33,36H,7-14,16-17H2,2-5H3,(H,30,32)(H,34,35)/t20-,21+,22+,24+,27+,28+,29-/m1/s1. The lowest BCUT2D eigenvalue weighted by Crippen LogP contribution is -2.54. The fourth-order valence-corrected chi connectivity index (χ4v) is 7.88. The van der Waals surface area contributed by atoms with Crippen LogP contribution in [0.4, 0.5) is 0 Å². The maximum atomic E-state index is 12.2. The van der Waals surface area contributed by atoms with Crippen molar-refractivity contribution in [3.05, 3.63) is 11.6 Å². The third kappa shape index (κ3) is 4.70. The third-order valence-corrected chi connectivity index (χ3v) is 10.5. The maximum absolute atomic E-state index is 12.2. The number of hydrogen-bond acceptors (Lipinski definition) is 6. The fraction of sp³-hybridized carbons (Fsp3) is 0.759. The van der Waals surface area contributed by atoms with E-state index in [0.717, 1.165) is 50.7 Å². The van der Waals surface area contributed by atoms with Crippen molar-refractivity contribution in [2.45, 2.75) is 90.8 Å². The van der Waals surface area contributed by atoms with E-state index in [1.54, 1.807) is 13.8 Å². The van der Waals surface area contributed by atoms with Crippen LogP contribution in [0.15, 0.2) is 16.8 Å². The van der Waals surface area contributed by atoms with Gasteiger partial charge in [-0.15, -0.1) is 6.42 Å². The number of aliphatic hydroxyl groups excluding tert-OH is 1. The largest absolute Gasteiger partial charge is 0.479 e. The molecule has 0 aromatic heterocycles. The van der Waals surface area contributed by atoms with Crippen LogP contribution in [-0.4, -0.2) is 57.8 Å². The predicted octanol–water partition coefficient (Wildman–Crippen LogP) is 3.27. The molecule has 204 valence electrons. The summed E-state index contributed by atoms with van der Waals surface area (Å²) < 4.78 is 0. The number of nitrogens with one attached hydrogen (secondary N) is 1. The Kier molecular flexibility index (Phi) is 7.28. The number of hydrogen-bond donors (Lipinski definition) is 4. The highest BCUT2D eigenvalue weighted by Crippen LogP contribution is 2.67. The Morgan fingerprint density at radius 3 is 2.59 bits per heavy atom. The molecule has 4 N–H and O–H groups in total. The molecule has 3 fully saturated rings. The van der Waals surface area contributed by atoms with Gasteiger partial charge in [-0.25, -0.2) is 4.79 Å². The number of carboxylic acids is 1. The number of carboxylic acid groups (broad SMARTS) is 1. The van der Waals surface area contributed by atoms with Crippen molar-refractivity contribution in [2.75, 3.05) is 13.2 Å². The van der Waals surface area contributed by atoms with Gasteiger partial charge in [0.05, 0.1) is 5.71 Å². The summed E-state index contributed by atoms with van der Waals surface area (Å²) in [7, 11) is 0. The van der Waals surface area contributed by atoms with Crippen LogP contribution in [-0.2, 0) is 14.4 Å². The van der Waals surface area contributed by atoms with Gasteiger partial charge in [-0.05, 0) is 80.6 Å². The number of rotatable bonds is 7. The lowest BCUT2D eigenvalue weighted by Gasteiger charge is -2.58. The number of carbonyl (C=O) groups excluding carboxylic acids is 1. The van der Waals surface area contributed by atoms with Crippen LogP contribution in [0.1, 0.15) is 79.1 Å². The number of allylic oxidation sites excluding steroid dienone is 2. The van der Waals surface area contributed by atoms with E-state index in [2.05, 4.69) is 36.3 Å². The highest BCUT2D eigenvalue weighted by Gasteiger charge is 2.63. The van der Waals surface area contributed by atoms with Gasteiger partial charge in [-0.1, -0.05) is 44.3 Å². The molecule has 4 rings (SSSR count). The minimum absolute atomic E-state index is 0.00295. The summed E-state index contributed by atoms with van der Waals surface area (Å²) in [6.45, 7) is 7.47. The van der Waals surface area contributed by atoms with Crippen LogP contribution in [0, 0.1) is 46.3 Å². The van der Waals surface area contributed by atoms with E-state index in [1.807, 2.05) is 0 Å². The quantitative estimate of drug-likeness (QED) is 0.305. The van der Waals surface area contributed by atoms with Crippen molar-refractivity contribution in [1.82, 2.24) is 5.32 Å². The second-order valence-corrected chi connectivity index (χ2v) is 12.9. The molecule has 0 aromatic carbocycles. The zero-order chi connectivity index (χ0) is 27.2. The van der Waals surface area contributed by atoms with Crippen LogP contribution in [0.3, 0.4) is 0 Å².